The van der Waals surface area contributed by atoms with Crippen molar-refractivity contribution >= 4 is 35.1 Å². The largest absolute Gasteiger partial charge is 0.372 e. The fourth-order valence-corrected chi connectivity index (χ4v) is 5.16. The van der Waals surface area contributed by atoms with Gasteiger partial charge in [-0.25, -0.2) is 0 Å². The highest BCUT2D eigenvalue weighted by molar-refractivity contribution is 8.03. The summed E-state index contributed by atoms with van der Waals surface area (Å²) in [7, 11) is 1.61. The van der Waals surface area contributed by atoms with E-state index in [4.69, 9.17) is 4.74 Å². The smallest absolute Gasteiger partial charge is 0.251 e. The van der Waals surface area contributed by atoms with Gasteiger partial charge in [0.15, 0.2) is 5.78 Å². The van der Waals surface area contributed by atoms with E-state index >= 15 is 0 Å². The van der Waals surface area contributed by atoms with Gasteiger partial charge in [-0.15, -0.1) is 11.8 Å². The van der Waals surface area contributed by atoms with Gasteiger partial charge in [0, 0.05) is 18.3 Å². The number of nitrogens with one attached hydrogen (secondary N) is 2. The third-order valence-electron chi connectivity index (χ3n) is 5.98. The number of likely N-dealkylation sites (N-methyl/N-ethyl adjacent to an activating group) is 1. The molecule has 1 fully saturated rings. The highest BCUT2D eigenvalue weighted by Crippen LogP contribution is 2.29. The molecular weight excluding hydrogens is 426 g/mol. The van der Waals surface area contributed by atoms with Crippen LogP contribution in [0.15, 0.2) is 29.7 Å². The van der Waals surface area contributed by atoms with Crippen LogP contribution < -0.4 is 10.6 Å². The lowest BCUT2D eigenvalue weighted by atomic mass is 10.0. The van der Waals surface area contributed by atoms with Crippen molar-refractivity contribution < 1.29 is 19.1 Å². The van der Waals surface area contributed by atoms with Crippen molar-refractivity contribution in [1.29, 1.82) is 0 Å². The summed E-state index contributed by atoms with van der Waals surface area (Å²) in [5.74, 6) is -0.685. The molecule has 3 rings (SSSR count). The third-order valence-corrected chi connectivity index (χ3v) is 7.03. The number of hydrogen-bond acceptors (Lipinski definition) is 6. The molecule has 174 valence electrons. The van der Waals surface area contributed by atoms with Crippen LogP contribution in [0.4, 0.5) is 0 Å². The van der Waals surface area contributed by atoms with Crippen LogP contribution in [0.3, 0.4) is 0 Å². The topological polar surface area (TPSA) is 87.7 Å². The molecule has 2 amide bonds. The molecule has 0 radical (unpaired) electrons. The van der Waals surface area contributed by atoms with Crippen LogP contribution in [-0.2, 0) is 14.3 Å². The normalized spacial score (nSPS) is 23.4. The molecule has 0 saturated carbocycles. The molecule has 2 heterocycles. The van der Waals surface area contributed by atoms with Crippen LogP contribution in [0.25, 0.3) is 5.70 Å². The van der Waals surface area contributed by atoms with Crippen LogP contribution >= 0.6 is 11.8 Å². The molecule has 32 heavy (non-hydrogen) atoms. The van der Waals surface area contributed by atoms with Crippen molar-refractivity contribution in [3.63, 3.8) is 0 Å². The van der Waals surface area contributed by atoms with Crippen LogP contribution in [0.1, 0.15) is 62.4 Å². The zero-order chi connectivity index (χ0) is 23.3. The Labute approximate surface area is 194 Å². The standard InChI is InChI=1S/C24H33N3O4S/c1-5-8-21-25-18(14-32-21)15-9-11-16(12-10-15)23(29)26-17(6-2)24(30)27(4)22-19(28)13-31-20(22)7-3/h9-12,14,17,20-22,25H,5-8,13H2,1-4H3,(H,26,29). The van der Waals surface area contributed by atoms with Gasteiger partial charge in [-0.2, -0.15) is 0 Å². The third kappa shape index (κ3) is 5.35. The molecule has 7 nitrogen and oxygen atoms in total. The summed E-state index contributed by atoms with van der Waals surface area (Å²) in [4.78, 5) is 39.5. The number of benzene rings is 1. The first kappa shape index (κ1) is 24.3. The van der Waals surface area contributed by atoms with Gasteiger partial charge in [0.1, 0.15) is 18.7 Å². The van der Waals surface area contributed by atoms with Gasteiger partial charge in [-0.3, -0.25) is 14.4 Å². The van der Waals surface area contributed by atoms with Crippen molar-refractivity contribution in [2.45, 2.75) is 70.0 Å². The average Bonchev–Trinajstić information content (AvgIpc) is 3.43. The molecule has 0 bridgehead atoms. The first-order valence-electron chi connectivity index (χ1n) is 11.3. The second kappa shape index (κ2) is 11.0. The van der Waals surface area contributed by atoms with Crippen LogP contribution in [-0.4, -0.2) is 59.7 Å². The minimum Gasteiger partial charge on any atom is -0.372 e. The Morgan fingerprint density at radius 3 is 2.59 bits per heavy atom. The predicted molar refractivity (Wildman–Crippen MR) is 127 cm³/mol. The van der Waals surface area contributed by atoms with Crippen molar-refractivity contribution in [2.24, 2.45) is 0 Å². The van der Waals surface area contributed by atoms with Crippen LogP contribution in [0.5, 0.6) is 0 Å². The van der Waals surface area contributed by atoms with E-state index in [2.05, 4.69) is 23.0 Å². The highest BCUT2D eigenvalue weighted by atomic mass is 32.2. The second-order valence-corrected chi connectivity index (χ2v) is 9.30. The Kier molecular flexibility index (Phi) is 8.37. The monoisotopic (exact) mass is 459 g/mol. The Bertz CT molecular complexity index is 871. The second-order valence-electron chi connectivity index (χ2n) is 8.22. The summed E-state index contributed by atoms with van der Waals surface area (Å²) < 4.78 is 5.49. The Morgan fingerprint density at radius 1 is 1.25 bits per heavy atom. The van der Waals surface area contributed by atoms with Crippen molar-refractivity contribution in [2.75, 3.05) is 13.7 Å². The number of carbonyl (C=O) groups excluding carboxylic acids is 3. The number of amides is 2. The van der Waals surface area contributed by atoms with E-state index in [0.717, 1.165) is 24.1 Å². The Morgan fingerprint density at radius 2 is 1.97 bits per heavy atom. The zero-order valence-corrected chi connectivity index (χ0v) is 20.0. The number of thioether (sulfide) groups is 1. The van der Waals surface area contributed by atoms with Gasteiger partial charge in [-0.05, 0) is 42.4 Å². The first-order chi connectivity index (χ1) is 15.4. The lowest BCUT2D eigenvalue weighted by Gasteiger charge is -2.30. The van der Waals surface area contributed by atoms with Gasteiger partial charge in [0.25, 0.3) is 5.91 Å². The van der Waals surface area contributed by atoms with Gasteiger partial charge in [-0.1, -0.05) is 39.3 Å². The summed E-state index contributed by atoms with van der Waals surface area (Å²) in [5.41, 5.74) is 2.59. The SMILES string of the molecule is CCCC1NC(c2ccc(C(=O)NC(CC)C(=O)N(C)C3C(=O)COC3CC)cc2)=CS1. The van der Waals surface area contributed by atoms with E-state index in [-0.39, 0.29) is 30.3 Å². The summed E-state index contributed by atoms with van der Waals surface area (Å²) >= 11 is 1.78. The summed E-state index contributed by atoms with van der Waals surface area (Å²) in [6, 6.07) is 6.07. The van der Waals surface area contributed by atoms with Crippen molar-refractivity contribution in [3.05, 3.63) is 40.8 Å². The molecule has 2 aliphatic rings. The number of rotatable bonds is 9. The van der Waals surface area contributed by atoms with Gasteiger partial charge >= 0.3 is 0 Å². The lowest BCUT2D eigenvalue weighted by Crippen LogP contribution is -2.53. The quantitative estimate of drug-likeness (QED) is 0.590. The molecule has 2 aliphatic heterocycles. The maximum atomic E-state index is 13.0. The molecule has 0 aliphatic carbocycles. The highest BCUT2D eigenvalue weighted by Gasteiger charge is 2.41. The molecule has 4 atom stereocenters. The minimum atomic E-state index is -0.705. The van der Waals surface area contributed by atoms with E-state index in [0.29, 0.717) is 23.8 Å². The lowest BCUT2D eigenvalue weighted by molar-refractivity contribution is -0.138. The molecule has 1 aromatic carbocycles. The molecule has 8 heteroatoms. The summed E-state index contributed by atoms with van der Waals surface area (Å²) in [6.07, 6.45) is 3.00. The van der Waals surface area contributed by atoms with Crippen LogP contribution in [0, 0.1) is 0 Å². The summed E-state index contributed by atoms with van der Waals surface area (Å²) in [6.45, 7) is 5.96. The van der Waals surface area contributed by atoms with Crippen LogP contribution in [0.2, 0.25) is 0 Å². The van der Waals surface area contributed by atoms with E-state index < -0.39 is 12.1 Å². The Balaban J connectivity index is 1.62. The van der Waals surface area contributed by atoms with Gasteiger partial charge < -0.3 is 20.3 Å². The average molecular weight is 460 g/mol. The number of ether oxygens (including phenoxy) is 1. The molecule has 0 aromatic heterocycles. The first-order valence-corrected chi connectivity index (χ1v) is 12.3. The number of hydrogen-bond donors (Lipinski definition) is 2. The molecular formula is C24H33N3O4S. The fraction of sp³-hybridized carbons (Fsp3) is 0.542. The predicted octanol–water partition coefficient (Wildman–Crippen LogP) is 3.16. The molecule has 1 saturated heterocycles. The minimum absolute atomic E-state index is 0.0271. The Hall–Kier alpha value is -2.32. The van der Waals surface area contributed by atoms with E-state index in [1.165, 1.54) is 4.90 Å². The van der Waals surface area contributed by atoms with E-state index in [9.17, 15) is 14.4 Å². The van der Waals surface area contributed by atoms with Crippen molar-refractivity contribution in [1.82, 2.24) is 15.5 Å². The van der Waals surface area contributed by atoms with Crippen molar-refractivity contribution in [3.8, 4) is 0 Å². The van der Waals surface area contributed by atoms with E-state index in [1.807, 2.05) is 26.0 Å². The summed E-state index contributed by atoms with van der Waals surface area (Å²) in [5, 5.41) is 8.85. The maximum Gasteiger partial charge on any atom is 0.251 e. The molecule has 1 aromatic rings. The van der Waals surface area contributed by atoms with Gasteiger partial charge in [0.2, 0.25) is 5.91 Å². The van der Waals surface area contributed by atoms with E-state index in [1.54, 1.807) is 30.9 Å². The fourth-order valence-electron chi connectivity index (χ4n) is 4.09. The molecule has 0 spiro atoms. The molecule has 2 N–H and O–H groups in total. The maximum absolute atomic E-state index is 13.0. The van der Waals surface area contributed by atoms with Gasteiger partial charge in [0.05, 0.1) is 11.5 Å². The number of Topliss-reactive ketones (excluding diaryl/α,β-unsaturated/α-hetero) is 1. The number of carbonyl (C=O) groups is 3. The zero-order valence-electron chi connectivity index (χ0n) is 19.2. The number of ketones is 1. The molecule has 4 unspecified atom stereocenters. The number of nitrogens with zero attached hydrogens (tertiary/aromatic N) is 1.